The number of hydrogen-bond donors (Lipinski definition) is 2. The second-order valence-electron chi connectivity index (χ2n) is 4.63. The average molecular weight is 279 g/mol. The zero-order valence-electron chi connectivity index (χ0n) is 11.0. The zero-order valence-corrected chi connectivity index (χ0v) is 11.0. The van der Waals surface area contributed by atoms with Crippen LogP contribution in [0.3, 0.4) is 0 Å². The molecule has 1 aliphatic carbocycles. The maximum Gasteiger partial charge on any atom is 0.325 e. The predicted molar refractivity (Wildman–Crippen MR) is 69.8 cm³/mol. The van der Waals surface area contributed by atoms with Crippen molar-refractivity contribution in [3.05, 3.63) is 24.5 Å². The van der Waals surface area contributed by atoms with Crippen molar-refractivity contribution < 1.29 is 14.7 Å². The fourth-order valence-corrected chi connectivity index (χ4v) is 1.83. The number of carboxylic acids is 1. The highest BCUT2D eigenvalue weighted by atomic mass is 16.4. The Morgan fingerprint density at radius 2 is 2.35 bits per heavy atom. The third-order valence-electron chi connectivity index (χ3n) is 2.88. The van der Waals surface area contributed by atoms with Gasteiger partial charge in [-0.05, 0) is 12.8 Å². The summed E-state index contributed by atoms with van der Waals surface area (Å²) in [6.45, 7) is 4.13. The fourth-order valence-electron chi connectivity index (χ4n) is 1.83. The van der Waals surface area contributed by atoms with Gasteiger partial charge in [0, 0.05) is 12.6 Å². The molecular weight excluding hydrogens is 262 g/mol. The zero-order chi connectivity index (χ0) is 14.5. The van der Waals surface area contributed by atoms with Gasteiger partial charge in [0.1, 0.15) is 12.2 Å². The minimum absolute atomic E-state index is 0.166. The highest BCUT2D eigenvalue weighted by molar-refractivity contribution is 5.75. The summed E-state index contributed by atoms with van der Waals surface area (Å²) in [6.07, 6.45) is 5.25. The molecule has 1 heterocycles. The molecular formula is C12H17N5O3. The van der Waals surface area contributed by atoms with Gasteiger partial charge in [-0.1, -0.05) is 11.3 Å². The maximum absolute atomic E-state index is 12.0. The van der Waals surface area contributed by atoms with Crippen molar-refractivity contribution in [2.45, 2.75) is 32.0 Å². The standard InChI is InChI=1S/C12H17N5O3/c1-2-5-17(10-3-4-10)12(20)13-6-9-7-16(15-14-9)8-11(18)19/h2,7,10H,1,3-6,8H2,(H,13,20)(H,18,19). The summed E-state index contributed by atoms with van der Waals surface area (Å²) in [6, 6.07) is 0.135. The van der Waals surface area contributed by atoms with Crippen molar-refractivity contribution >= 4 is 12.0 Å². The molecule has 20 heavy (non-hydrogen) atoms. The van der Waals surface area contributed by atoms with Gasteiger partial charge in [0.15, 0.2) is 0 Å². The lowest BCUT2D eigenvalue weighted by Crippen LogP contribution is -2.41. The minimum Gasteiger partial charge on any atom is -0.480 e. The number of urea groups is 1. The van der Waals surface area contributed by atoms with Crippen LogP contribution in [0.2, 0.25) is 0 Å². The number of carbonyl (C=O) groups excluding carboxylic acids is 1. The Hall–Kier alpha value is -2.38. The summed E-state index contributed by atoms with van der Waals surface area (Å²) >= 11 is 0. The molecule has 2 N–H and O–H groups in total. The normalized spacial score (nSPS) is 13.8. The number of aromatic nitrogens is 3. The monoisotopic (exact) mass is 279 g/mol. The molecule has 2 rings (SSSR count). The van der Waals surface area contributed by atoms with Crippen molar-refractivity contribution in [2.24, 2.45) is 0 Å². The van der Waals surface area contributed by atoms with E-state index < -0.39 is 5.97 Å². The number of hydrogen-bond acceptors (Lipinski definition) is 4. The van der Waals surface area contributed by atoms with Crippen LogP contribution in [0.25, 0.3) is 0 Å². The Balaban J connectivity index is 1.84. The average Bonchev–Trinajstić information content (AvgIpc) is 3.14. The number of carboxylic acid groups (broad SMARTS) is 1. The molecule has 0 spiro atoms. The van der Waals surface area contributed by atoms with E-state index in [0.717, 1.165) is 12.8 Å². The first-order valence-corrected chi connectivity index (χ1v) is 6.36. The Morgan fingerprint density at radius 3 is 2.95 bits per heavy atom. The van der Waals surface area contributed by atoms with Crippen LogP contribution < -0.4 is 5.32 Å². The van der Waals surface area contributed by atoms with Crippen LogP contribution in [0.15, 0.2) is 18.9 Å². The highest BCUT2D eigenvalue weighted by Crippen LogP contribution is 2.26. The number of nitrogens with one attached hydrogen (secondary N) is 1. The smallest absolute Gasteiger partial charge is 0.325 e. The van der Waals surface area contributed by atoms with Gasteiger partial charge in [-0.15, -0.1) is 11.7 Å². The van der Waals surface area contributed by atoms with Gasteiger partial charge in [-0.2, -0.15) is 0 Å². The molecule has 2 amide bonds. The molecule has 8 nitrogen and oxygen atoms in total. The molecule has 8 heteroatoms. The molecule has 0 aromatic carbocycles. The van der Waals surface area contributed by atoms with E-state index in [2.05, 4.69) is 22.2 Å². The first kappa shape index (κ1) is 14.0. The quantitative estimate of drug-likeness (QED) is 0.695. The van der Waals surface area contributed by atoms with Crippen LogP contribution in [0.5, 0.6) is 0 Å². The number of aliphatic carboxylic acids is 1. The van der Waals surface area contributed by atoms with Crippen LogP contribution in [-0.2, 0) is 17.9 Å². The van der Waals surface area contributed by atoms with E-state index in [0.29, 0.717) is 18.3 Å². The van der Waals surface area contributed by atoms with Gasteiger partial charge >= 0.3 is 12.0 Å². The van der Waals surface area contributed by atoms with Crippen molar-refractivity contribution in [3.8, 4) is 0 Å². The molecule has 1 aromatic heterocycles. The lowest BCUT2D eigenvalue weighted by molar-refractivity contribution is -0.137. The Labute approximate surface area is 116 Å². The Bertz CT molecular complexity index is 509. The molecule has 0 saturated heterocycles. The summed E-state index contributed by atoms with van der Waals surface area (Å²) in [5, 5.41) is 18.8. The van der Waals surface area contributed by atoms with Crippen LogP contribution in [0, 0.1) is 0 Å². The van der Waals surface area contributed by atoms with Gasteiger partial charge in [0.2, 0.25) is 0 Å². The number of carbonyl (C=O) groups is 2. The molecule has 1 fully saturated rings. The van der Waals surface area contributed by atoms with E-state index >= 15 is 0 Å². The van der Waals surface area contributed by atoms with Gasteiger partial charge in [-0.25, -0.2) is 9.48 Å². The molecule has 108 valence electrons. The molecule has 0 bridgehead atoms. The number of rotatable bonds is 7. The van der Waals surface area contributed by atoms with Crippen LogP contribution in [0.1, 0.15) is 18.5 Å². The maximum atomic E-state index is 12.0. The highest BCUT2D eigenvalue weighted by Gasteiger charge is 2.31. The first-order valence-electron chi connectivity index (χ1n) is 6.36. The van der Waals surface area contributed by atoms with Gasteiger partial charge in [-0.3, -0.25) is 4.79 Å². The van der Waals surface area contributed by atoms with E-state index in [-0.39, 0.29) is 19.1 Å². The second-order valence-corrected chi connectivity index (χ2v) is 4.63. The Morgan fingerprint density at radius 1 is 1.60 bits per heavy atom. The lowest BCUT2D eigenvalue weighted by Gasteiger charge is -2.20. The van der Waals surface area contributed by atoms with Crippen molar-refractivity contribution in [3.63, 3.8) is 0 Å². The van der Waals surface area contributed by atoms with E-state index in [9.17, 15) is 9.59 Å². The fraction of sp³-hybridized carbons (Fsp3) is 0.500. The van der Waals surface area contributed by atoms with Crippen LogP contribution in [-0.4, -0.2) is 49.6 Å². The largest absolute Gasteiger partial charge is 0.480 e. The summed E-state index contributed by atoms with van der Waals surface area (Å²) in [5.74, 6) is -0.989. The molecule has 1 aromatic rings. The predicted octanol–water partition coefficient (Wildman–Crippen LogP) is 0.223. The SMILES string of the molecule is C=CCN(C(=O)NCc1cn(CC(=O)O)nn1)C1CC1. The van der Waals surface area contributed by atoms with Gasteiger partial charge < -0.3 is 15.3 Å². The summed E-state index contributed by atoms with van der Waals surface area (Å²) in [5.41, 5.74) is 0.522. The number of nitrogens with zero attached hydrogens (tertiary/aromatic N) is 4. The van der Waals surface area contributed by atoms with E-state index in [1.807, 2.05) is 0 Å². The van der Waals surface area contributed by atoms with Gasteiger partial charge in [0.25, 0.3) is 0 Å². The Kier molecular flexibility index (Phi) is 4.34. The molecule has 1 saturated carbocycles. The third kappa shape index (κ3) is 3.81. The third-order valence-corrected chi connectivity index (χ3v) is 2.88. The second kappa shape index (κ2) is 6.18. The minimum atomic E-state index is -0.989. The summed E-state index contributed by atoms with van der Waals surface area (Å²) in [4.78, 5) is 24.2. The molecule has 0 aliphatic heterocycles. The summed E-state index contributed by atoms with van der Waals surface area (Å²) < 4.78 is 1.21. The van der Waals surface area contributed by atoms with Crippen molar-refractivity contribution in [1.29, 1.82) is 0 Å². The first-order chi connectivity index (χ1) is 9.60. The topological polar surface area (TPSA) is 100 Å². The summed E-state index contributed by atoms with van der Waals surface area (Å²) in [7, 11) is 0. The van der Waals surface area contributed by atoms with E-state index in [1.165, 1.54) is 10.9 Å². The van der Waals surface area contributed by atoms with Crippen LogP contribution >= 0.6 is 0 Å². The van der Waals surface area contributed by atoms with Crippen molar-refractivity contribution in [1.82, 2.24) is 25.2 Å². The number of amides is 2. The van der Waals surface area contributed by atoms with Gasteiger partial charge in [0.05, 0.1) is 12.7 Å². The van der Waals surface area contributed by atoms with E-state index in [4.69, 9.17) is 5.11 Å². The molecule has 0 atom stereocenters. The molecule has 0 radical (unpaired) electrons. The van der Waals surface area contributed by atoms with E-state index in [1.54, 1.807) is 11.0 Å². The van der Waals surface area contributed by atoms with Crippen LogP contribution in [0.4, 0.5) is 4.79 Å². The van der Waals surface area contributed by atoms with Crippen molar-refractivity contribution in [2.75, 3.05) is 6.54 Å². The lowest BCUT2D eigenvalue weighted by atomic mass is 10.4. The molecule has 0 unspecified atom stereocenters. The molecule has 1 aliphatic rings.